The first-order valence-electron chi connectivity index (χ1n) is 8.64. The SMILES string of the molecule is COc1cccc(CNCc2ccc(F)cc2)c1OCc1ccc(F)cc1.Cl. The van der Waals surface area contributed by atoms with E-state index in [1.165, 1.54) is 24.3 Å². The third-order valence-electron chi connectivity index (χ3n) is 4.13. The summed E-state index contributed by atoms with van der Waals surface area (Å²) >= 11 is 0. The molecule has 3 nitrogen and oxygen atoms in total. The van der Waals surface area contributed by atoms with Gasteiger partial charge in [0.1, 0.15) is 18.2 Å². The van der Waals surface area contributed by atoms with Crippen molar-refractivity contribution in [2.45, 2.75) is 19.7 Å². The predicted molar refractivity (Wildman–Crippen MR) is 108 cm³/mol. The van der Waals surface area contributed by atoms with Crippen LogP contribution in [0.3, 0.4) is 0 Å². The van der Waals surface area contributed by atoms with Gasteiger partial charge in [-0.25, -0.2) is 8.78 Å². The zero-order chi connectivity index (χ0) is 19.1. The molecule has 0 amide bonds. The van der Waals surface area contributed by atoms with Crippen molar-refractivity contribution in [1.29, 1.82) is 0 Å². The van der Waals surface area contributed by atoms with E-state index in [1.54, 1.807) is 31.4 Å². The van der Waals surface area contributed by atoms with Gasteiger partial charge in [-0.15, -0.1) is 12.4 Å². The van der Waals surface area contributed by atoms with Gasteiger partial charge in [0.05, 0.1) is 7.11 Å². The molecule has 0 bridgehead atoms. The minimum absolute atomic E-state index is 0. The maximum Gasteiger partial charge on any atom is 0.166 e. The molecule has 1 N–H and O–H groups in total. The Morgan fingerprint density at radius 2 is 1.39 bits per heavy atom. The summed E-state index contributed by atoms with van der Waals surface area (Å²) in [7, 11) is 1.59. The van der Waals surface area contributed by atoms with Crippen LogP contribution >= 0.6 is 12.4 Å². The summed E-state index contributed by atoms with van der Waals surface area (Å²) in [5.74, 6) is 0.763. The Bertz CT molecular complexity index is 871. The summed E-state index contributed by atoms with van der Waals surface area (Å²) in [4.78, 5) is 0. The van der Waals surface area contributed by atoms with Gasteiger partial charge in [0.15, 0.2) is 11.5 Å². The van der Waals surface area contributed by atoms with E-state index in [9.17, 15) is 8.78 Å². The number of halogens is 3. The lowest BCUT2D eigenvalue weighted by atomic mass is 10.1. The van der Waals surface area contributed by atoms with E-state index in [2.05, 4.69) is 5.32 Å². The second-order valence-corrected chi connectivity index (χ2v) is 6.09. The van der Waals surface area contributed by atoms with E-state index >= 15 is 0 Å². The quantitative estimate of drug-likeness (QED) is 0.554. The van der Waals surface area contributed by atoms with Crippen LogP contribution in [0.4, 0.5) is 8.78 Å². The van der Waals surface area contributed by atoms with E-state index in [1.807, 2.05) is 18.2 Å². The highest BCUT2D eigenvalue weighted by Crippen LogP contribution is 2.32. The van der Waals surface area contributed by atoms with E-state index in [4.69, 9.17) is 9.47 Å². The number of hydrogen-bond donors (Lipinski definition) is 1. The first-order chi connectivity index (χ1) is 13.2. The molecule has 0 fully saturated rings. The normalized spacial score (nSPS) is 10.2. The smallest absolute Gasteiger partial charge is 0.166 e. The molecule has 0 heterocycles. The number of methoxy groups -OCH3 is 1. The molecular formula is C22H22ClF2NO2. The molecule has 0 radical (unpaired) electrons. The van der Waals surface area contributed by atoms with E-state index < -0.39 is 0 Å². The number of rotatable bonds is 8. The number of benzene rings is 3. The average Bonchev–Trinajstić information content (AvgIpc) is 2.69. The van der Waals surface area contributed by atoms with Crippen LogP contribution in [0, 0.1) is 11.6 Å². The molecule has 3 rings (SSSR count). The predicted octanol–water partition coefficient (Wildman–Crippen LogP) is 5.26. The number of hydrogen-bond acceptors (Lipinski definition) is 3. The van der Waals surface area contributed by atoms with Crippen molar-refractivity contribution in [2.75, 3.05) is 7.11 Å². The molecule has 6 heteroatoms. The number of nitrogens with one attached hydrogen (secondary N) is 1. The van der Waals surface area contributed by atoms with Crippen molar-refractivity contribution in [2.24, 2.45) is 0 Å². The lowest BCUT2D eigenvalue weighted by Gasteiger charge is -2.16. The van der Waals surface area contributed by atoms with Crippen LogP contribution in [-0.2, 0) is 19.7 Å². The monoisotopic (exact) mass is 405 g/mol. The second kappa shape index (κ2) is 10.6. The highest BCUT2D eigenvalue weighted by molar-refractivity contribution is 5.85. The van der Waals surface area contributed by atoms with Crippen LogP contribution in [-0.4, -0.2) is 7.11 Å². The first kappa shape index (κ1) is 21.7. The van der Waals surface area contributed by atoms with Crippen LogP contribution in [0.15, 0.2) is 66.7 Å². The number of ether oxygens (including phenoxy) is 2. The standard InChI is InChI=1S/C22H21F2NO2.ClH/c1-26-21-4-2-3-18(14-25-13-16-5-9-19(23)10-6-16)22(21)27-15-17-7-11-20(24)12-8-17;/h2-12,25H,13-15H2,1H3;1H. The van der Waals surface area contributed by atoms with Gasteiger partial charge in [0.25, 0.3) is 0 Å². The Balaban J connectivity index is 0.00000280. The van der Waals surface area contributed by atoms with Crippen LogP contribution in [0.1, 0.15) is 16.7 Å². The molecule has 0 unspecified atom stereocenters. The van der Waals surface area contributed by atoms with Crippen molar-refractivity contribution in [3.05, 3.63) is 95.1 Å². The highest BCUT2D eigenvalue weighted by Gasteiger charge is 2.11. The molecule has 0 aliphatic rings. The molecule has 0 aromatic heterocycles. The topological polar surface area (TPSA) is 30.5 Å². The second-order valence-electron chi connectivity index (χ2n) is 6.09. The lowest BCUT2D eigenvalue weighted by molar-refractivity contribution is 0.280. The Labute approximate surface area is 169 Å². The van der Waals surface area contributed by atoms with Crippen LogP contribution < -0.4 is 14.8 Å². The largest absolute Gasteiger partial charge is 0.493 e. The van der Waals surface area contributed by atoms with Gasteiger partial charge in [-0.3, -0.25) is 0 Å². The molecule has 0 aliphatic carbocycles. The van der Waals surface area contributed by atoms with E-state index in [0.29, 0.717) is 31.2 Å². The van der Waals surface area contributed by atoms with Crippen molar-refractivity contribution < 1.29 is 18.3 Å². The highest BCUT2D eigenvalue weighted by atomic mass is 35.5. The van der Waals surface area contributed by atoms with Gasteiger partial charge in [-0.2, -0.15) is 0 Å². The van der Waals surface area contributed by atoms with E-state index in [0.717, 1.165) is 16.7 Å². The minimum atomic E-state index is -0.276. The number of para-hydroxylation sites is 1. The Morgan fingerprint density at radius 1 is 0.786 bits per heavy atom. The zero-order valence-electron chi connectivity index (χ0n) is 15.5. The zero-order valence-corrected chi connectivity index (χ0v) is 16.3. The summed E-state index contributed by atoms with van der Waals surface area (Å²) in [6.45, 7) is 1.48. The summed E-state index contributed by atoms with van der Waals surface area (Å²) in [6, 6.07) is 18.3. The molecule has 3 aromatic carbocycles. The molecule has 3 aromatic rings. The Kier molecular flexibility index (Phi) is 8.23. The molecule has 0 spiro atoms. The van der Waals surface area contributed by atoms with Crippen molar-refractivity contribution in [1.82, 2.24) is 5.32 Å². The summed E-state index contributed by atoms with van der Waals surface area (Å²) in [5, 5.41) is 3.33. The summed E-state index contributed by atoms with van der Waals surface area (Å²) in [6.07, 6.45) is 0. The molecule has 0 aliphatic heterocycles. The molecule has 0 atom stereocenters. The Hall–Kier alpha value is -2.63. The van der Waals surface area contributed by atoms with Crippen LogP contribution in [0.5, 0.6) is 11.5 Å². The van der Waals surface area contributed by atoms with Crippen LogP contribution in [0.25, 0.3) is 0 Å². The van der Waals surface area contributed by atoms with Gasteiger partial charge in [-0.1, -0.05) is 36.4 Å². The van der Waals surface area contributed by atoms with Gasteiger partial charge in [0.2, 0.25) is 0 Å². The fraction of sp³-hybridized carbons (Fsp3) is 0.182. The molecule has 0 saturated heterocycles. The third kappa shape index (κ3) is 5.94. The average molecular weight is 406 g/mol. The summed E-state index contributed by atoms with van der Waals surface area (Å²) < 4.78 is 37.4. The van der Waals surface area contributed by atoms with Crippen molar-refractivity contribution in [3.63, 3.8) is 0 Å². The van der Waals surface area contributed by atoms with Crippen molar-refractivity contribution in [3.8, 4) is 11.5 Å². The lowest BCUT2D eigenvalue weighted by Crippen LogP contribution is -2.14. The summed E-state index contributed by atoms with van der Waals surface area (Å²) in [5.41, 5.74) is 2.80. The third-order valence-corrected chi connectivity index (χ3v) is 4.13. The van der Waals surface area contributed by atoms with Gasteiger partial charge in [0, 0.05) is 18.7 Å². The molecule has 148 valence electrons. The van der Waals surface area contributed by atoms with E-state index in [-0.39, 0.29) is 24.0 Å². The fourth-order valence-electron chi connectivity index (χ4n) is 2.70. The van der Waals surface area contributed by atoms with Gasteiger partial charge in [-0.05, 0) is 41.5 Å². The van der Waals surface area contributed by atoms with Crippen LogP contribution in [0.2, 0.25) is 0 Å². The minimum Gasteiger partial charge on any atom is -0.493 e. The molecular weight excluding hydrogens is 384 g/mol. The fourth-order valence-corrected chi connectivity index (χ4v) is 2.70. The maximum absolute atomic E-state index is 13.0. The van der Waals surface area contributed by atoms with Gasteiger partial charge < -0.3 is 14.8 Å². The van der Waals surface area contributed by atoms with Crippen molar-refractivity contribution >= 4 is 12.4 Å². The first-order valence-corrected chi connectivity index (χ1v) is 8.64. The van der Waals surface area contributed by atoms with Gasteiger partial charge >= 0.3 is 0 Å². The molecule has 28 heavy (non-hydrogen) atoms. The maximum atomic E-state index is 13.0. The molecule has 0 saturated carbocycles. The Morgan fingerprint density at radius 3 is 2.00 bits per heavy atom.